The molecule has 0 N–H and O–H groups in total. The van der Waals surface area contributed by atoms with Gasteiger partial charge in [0.2, 0.25) is 0 Å². The monoisotopic (exact) mass is 238 g/mol. The fourth-order valence-corrected chi connectivity index (χ4v) is 0.803. The maximum Gasteiger partial charge on any atom is 0.181 e. The van der Waals surface area contributed by atoms with Gasteiger partial charge in [-0.15, -0.1) is 0 Å². The molecule has 1 aromatic heterocycles. The van der Waals surface area contributed by atoms with Gasteiger partial charge in [-0.25, -0.2) is 4.98 Å². The molecule has 0 spiro atoms. The van der Waals surface area contributed by atoms with Crippen molar-refractivity contribution in [1.29, 1.82) is 0 Å². The van der Waals surface area contributed by atoms with Crippen LogP contribution in [0.4, 0.5) is 0 Å². The Balaban J connectivity index is 0. The molecule has 12 heavy (non-hydrogen) atoms. The molecule has 1 radical (unpaired) electrons. The Labute approximate surface area is 98.3 Å². The fraction of sp³-hybridized carbons (Fsp3) is 0. The molecule has 0 saturated carbocycles. The molecule has 63 valence electrons. The van der Waals surface area contributed by atoms with Gasteiger partial charge in [-0.1, -0.05) is 12.1 Å². The summed E-state index contributed by atoms with van der Waals surface area (Å²) >= 11 is 0. The van der Waals surface area contributed by atoms with Crippen LogP contribution < -0.4 is 0 Å². The first kappa shape index (κ1) is 14.3. The van der Waals surface area contributed by atoms with Crippen LogP contribution in [-0.4, -0.2) is 4.98 Å². The predicted octanol–water partition coefficient (Wildman–Crippen LogP) is 2.73. The average molecular weight is 238 g/mol. The molecule has 0 aliphatic rings. The number of nitrogens with zero attached hydrogens (tertiary/aromatic N) is 1. The Kier molecular flexibility index (Phi) is 7.55. The largest absolute Gasteiger partial charge is 0.443 e. The quantitative estimate of drug-likeness (QED) is 0.659. The van der Waals surface area contributed by atoms with E-state index in [1.807, 2.05) is 24.3 Å². The minimum Gasteiger partial charge on any atom is -0.443 e. The molecule has 0 aliphatic carbocycles. The molecule has 2 nitrogen and oxygen atoms in total. The van der Waals surface area contributed by atoms with E-state index in [2.05, 4.69) is 4.98 Å². The minimum absolute atomic E-state index is 0. The van der Waals surface area contributed by atoms with Crippen molar-refractivity contribution < 1.29 is 37.1 Å². The molecular formula is C9H11NOY-2. The molecule has 0 atom stereocenters. The summed E-state index contributed by atoms with van der Waals surface area (Å²) in [6.45, 7) is 0. The molecule has 1 heterocycles. The topological polar surface area (TPSA) is 26.0 Å². The number of fused-ring (bicyclic) bond motifs is 1. The SMILES string of the molecule is [CH3-].[CH3-].[Y].c1ccc2ocnc2c1. The number of benzene rings is 1. The van der Waals surface area contributed by atoms with Crippen molar-refractivity contribution in [2.75, 3.05) is 0 Å². The van der Waals surface area contributed by atoms with Gasteiger partial charge in [0.1, 0.15) is 5.52 Å². The smallest absolute Gasteiger partial charge is 0.181 e. The fourth-order valence-electron chi connectivity index (χ4n) is 0.803. The van der Waals surface area contributed by atoms with E-state index in [-0.39, 0.29) is 47.6 Å². The third kappa shape index (κ3) is 2.69. The molecule has 2 rings (SSSR count). The van der Waals surface area contributed by atoms with Crippen molar-refractivity contribution in [2.45, 2.75) is 0 Å². The number of oxazole rings is 1. The van der Waals surface area contributed by atoms with Crippen molar-refractivity contribution in [3.8, 4) is 0 Å². The van der Waals surface area contributed by atoms with E-state index in [0.29, 0.717) is 0 Å². The van der Waals surface area contributed by atoms with Crippen LogP contribution in [0.5, 0.6) is 0 Å². The predicted molar refractivity (Wildman–Crippen MR) is 46.8 cm³/mol. The van der Waals surface area contributed by atoms with Gasteiger partial charge in [-0.3, -0.25) is 0 Å². The van der Waals surface area contributed by atoms with Gasteiger partial charge in [-0.2, -0.15) is 0 Å². The second-order valence-corrected chi connectivity index (χ2v) is 1.82. The zero-order chi connectivity index (χ0) is 6.10. The Bertz CT molecular complexity index is 289. The van der Waals surface area contributed by atoms with Crippen molar-refractivity contribution >= 4 is 11.1 Å². The van der Waals surface area contributed by atoms with Crippen LogP contribution in [0.3, 0.4) is 0 Å². The Morgan fingerprint density at radius 3 is 2.42 bits per heavy atom. The summed E-state index contributed by atoms with van der Waals surface area (Å²) in [6.07, 6.45) is 1.45. The summed E-state index contributed by atoms with van der Waals surface area (Å²) < 4.78 is 5.01. The summed E-state index contributed by atoms with van der Waals surface area (Å²) in [4.78, 5) is 3.95. The van der Waals surface area contributed by atoms with Crippen LogP contribution in [-0.2, 0) is 32.7 Å². The first-order chi connectivity index (χ1) is 4.47. The summed E-state index contributed by atoms with van der Waals surface area (Å²) in [5.41, 5.74) is 1.76. The van der Waals surface area contributed by atoms with Gasteiger partial charge in [-0.05, 0) is 12.1 Å². The van der Waals surface area contributed by atoms with E-state index in [1.54, 1.807) is 0 Å². The molecule has 0 fully saturated rings. The summed E-state index contributed by atoms with van der Waals surface area (Å²) in [7, 11) is 0. The van der Waals surface area contributed by atoms with Crippen molar-refractivity contribution in [3.63, 3.8) is 0 Å². The van der Waals surface area contributed by atoms with Gasteiger partial charge in [0.15, 0.2) is 12.0 Å². The van der Waals surface area contributed by atoms with Gasteiger partial charge in [0, 0.05) is 32.7 Å². The van der Waals surface area contributed by atoms with Crippen LogP contribution in [0.15, 0.2) is 35.1 Å². The first-order valence-corrected chi connectivity index (χ1v) is 2.75. The number of hydrogen-bond acceptors (Lipinski definition) is 2. The van der Waals surface area contributed by atoms with Crippen molar-refractivity contribution in [3.05, 3.63) is 45.5 Å². The molecule has 3 heteroatoms. The second-order valence-electron chi connectivity index (χ2n) is 1.82. The normalized spacial score (nSPS) is 7.67. The van der Waals surface area contributed by atoms with Crippen LogP contribution in [0.2, 0.25) is 0 Å². The zero-order valence-electron chi connectivity index (χ0n) is 7.32. The van der Waals surface area contributed by atoms with Gasteiger partial charge in [0.05, 0.1) is 0 Å². The first-order valence-electron chi connectivity index (χ1n) is 2.75. The molecular weight excluding hydrogens is 227 g/mol. The summed E-state index contributed by atoms with van der Waals surface area (Å²) in [5, 5.41) is 0. The molecule has 0 aliphatic heterocycles. The molecule has 0 amide bonds. The van der Waals surface area contributed by atoms with Gasteiger partial charge in [0.25, 0.3) is 0 Å². The van der Waals surface area contributed by atoms with Crippen LogP contribution in [0.1, 0.15) is 0 Å². The standard InChI is InChI=1S/C7H5NO.2CH3.Y/c1-2-4-7-6(3-1)8-5-9-7;;;/h1-5H;2*1H3;/q;2*-1;. The molecule has 1 aromatic carbocycles. The van der Waals surface area contributed by atoms with Crippen molar-refractivity contribution in [2.24, 2.45) is 0 Å². The summed E-state index contributed by atoms with van der Waals surface area (Å²) in [6, 6.07) is 7.67. The van der Waals surface area contributed by atoms with E-state index >= 15 is 0 Å². The van der Waals surface area contributed by atoms with E-state index in [9.17, 15) is 0 Å². The second kappa shape index (κ2) is 6.33. The van der Waals surface area contributed by atoms with Gasteiger partial charge < -0.3 is 19.3 Å². The van der Waals surface area contributed by atoms with Crippen LogP contribution >= 0.6 is 0 Å². The minimum atomic E-state index is 0. The number of aromatic nitrogens is 1. The molecule has 0 bridgehead atoms. The Morgan fingerprint density at radius 2 is 1.75 bits per heavy atom. The Hall–Kier alpha value is -0.206. The third-order valence-corrected chi connectivity index (χ3v) is 1.24. The summed E-state index contributed by atoms with van der Waals surface area (Å²) in [5.74, 6) is 0. The number of hydrogen-bond donors (Lipinski definition) is 0. The molecule has 0 saturated heterocycles. The number of para-hydroxylation sites is 2. The van der Waals surface area contributed by atoms with E-state index in [4.69, 9.17) is 4.42 Å². The van der Waals surface area contributed by atoms with Gasteiger partial charge >= 0.3 is 0 Å². The number of rotatable bonds is 0. The third-order valence-electron chi connectivity index (χ3n) is 1.24. The van der Waals surface area contributed by atoms with Crippen LogP contribution in [0.25, 0.3) is 11.1 Å². The van der Waals surface area contributed by atoms with E-state index < -0.39 is 0 Å². The van der Waals surface area contributed by atoms with E-state index in [0.717, 1.165) is 11.1 Å². The molecule has 2 aromatic rings. The van der Waals surface area contributed by atoms with Crippen LogP contribution in [0, 0.1) is 14.9 Å². The average Bonchev–Trinajstić information content (AvgIpc) is 2.33. The maximum atomic E-state index is 5.01. The maximum absolute atomic E-state index is 5.01. The van der Waals surface area contributed by atoms with Crippen molar-refractivity contribution in [1.82, 2.24) is 4.98 Å². The Morgan fingerprint density at radius 1 is 1.08 bits per heavy atom. The van der Waals surface area contributed by atoms with E-state index in [1.165, 1.54) is 6.39 Å². The molecule has 0 unspecified atom stereocenters. The zero-order valence-corrected chi connectivity index (χ0v) is 10.2.